The van der Waals surface area contributed by atoms with Crippen LogP contribution in [0, 0.1) is 0 Å². The lowest BCUT2D eigenvalue weighted by Gasteiger charge is -2.05. The zero-order valence-electron chi connectivity index (χ0n) is 7.59. The molecule has 2 heterocycles. The fourth-order valence-corrected chi connectivity index (χ4v) is 1.67. The molecule has 2 rings (SSSR count). The van der Waals surface area contributed by atoms with Gasteiger partial charge in [0.2, 0.25) is 0 Å². The van der Waals surface area contributed by atoms with Crippen molar-refractivity contribution in [1.82, 2.24) is 9.38 Å². The van der Waals surface area contributed by atoms with Crippen molar-refractivity contribution >= 4 is 27.5 Å². The van der Waals surface area contributed by atoms with E-state index in [-0.39, 0.29) is 0 Å². The molecule has 2 aromatic rings. The molecule has 2 aromatic heterocycles. The summed E-state index contributed by atoms with van der Waals surface area (Å²) in [6.45, 7) is 0. The van der Waals surface area contributed by atoms with Crippen molar-refractivity contribution in [2.75, 3.05) is 0 Å². The van der Waals surface area contributed by atoms with E-state index < -0.39 is 12.0 Å². The van der Waals surface area contributed by atoms with Crippen LogP contribution in [0.15, 0.2) is 29.0 Å². The van der Waals surface area contributed by atoms with E-state index in [9.17, 15) is 4.79 Å². The molecule has 0 saturated heterocycles. The molecule has 1 unspecified atom stereocenters. The highest BCUT2D eigenvalue weighted by Crippen LogP contribution is 2.17. The molecule has 0 saturated carbocycles. The first-order chi connectivity index (χ1) is 7.09. The van der Waals surface area contributed by atoms with Gasteiger partial charge in [-0.3, -0.25) is 4.79 Å². The topological polar surface area (TPSA) is 80.6 Å². The molecule has 0 radical (unpaired) electrons. The van der Waals surface area contributed by atoms with Gasteiger partial charge in [-0.15, -0.1) is 0 Å². The summed E-state index contributed by atoms with van der Waals surface area (Å²) in [5.41, 5.74) is 6.65. The minimum Gasteiger partial charge on any atom is -0.480 e. The van der Waals surface area contributed by atoms with Gasteiger partial charge in [-0.25, -0.2) is 4.98 Å². The Balaban J connectivity index is 2.61. The zero-order chi connectivity index (χ0) is 11.0. The van der Waals surface area contributed by atoms with Crippen molar-refractivity contribution in [1.29, 1.82) is 0 Å². The van der Waals surface area contributed by atoms with E-state index in [2.05, 4.69) is 20.9 Å². The molecule has 0 amide bonds. The number of rotatable bonds is 2. The summed E-state index contributed by atoms with van der Waals surface area (Å²) in [6, 6.07) is 2.55. The molecule has 15 heavy (non-hydrogen) atoms. The number of hydrogen-bond donors (Lipinski definition) is 2. The van der Waals surface area contributed by atoms with Crippen LogP contribution in [0.2, 0.25) is 0 Å². The standard InChI is InChI=1S/C9H8BrN3O2/c10-5-1-2-7-12-3-6(13(7)4-5)8(11)9(14)15/h1-4,8H,11H2,(H,14,15). The summed E-state index contributed by atoms with van der Waals surface area (Å²) in [6.07, 6.45) is 3.21. The molecule has 0 aliphatic heterocycles. The maximum Gasteiger partial charge on any atom is 0.326 e. The molecule has 3 N–H and O–H groups in total. The quantitative estimate of drug-likeness (QED) is 0.858. The number of pyridine rings is 1. The molecule has 0 spiro atoms. The van der Waals surface area contributed by atoms with Crippen LogP contribution in [0.3, 0.4) is 0 Å². The van der Waals surface area contributed by atoms with Gasteiger partial charge in [0, 0.05) is 10.7 Å². The molecular formula is C9H8BrN3O2. The van der Waals surface area contributed by atoms with E-state index in [0.717, 1.165) is 4.47 Å². The van der Waals surface area contributed by atoms with E-state index in [1.807, 2.05) is 6.07 Å². The van der Waals surface area contributed by atoms with Gasteiger partial charge in [0.05, 0.1) is 11.9 Å². The molecule has 6 heteroatoms. The van der Waals surface area contributed by atoms with E-state index >= 15 is 0 Å². The third-order valence-electron chi connectivity index (χ3n) is 2.08. The maximum atomic E-state index is 10.7. The lowest BCUT2D eigenvalue weighted by Crippen LogP contribution is -2.22. The monoisotopic (exact) mass is 269 g/mol. The van der Waals surface area contributed by atoms with Crippen molar-refractivity contribution in [2.24, 2.45) is 5.73 Å². The number of carbonyl (C=O) groups is 1. The van der Waals surface area contributed by atoms with Crippen LogP contribution >= 0.6 is 15.9 Å². The Morgan fingerprint density at radius 1 is 1.60 bits per heavy atom. The number of carboxylic acid groups (broad SMARTS) is 1. The molecule has 0 fully saturated rings. The average Bonchev–Trinajstić information content (AvgIpc) is 2.59. The summed E-state index contributed by atoms with van der Waals surface area (Å²) in [4.78, 5) is 14.8. The van der Waals surface area contributed by atoms with Gasteiger partial charge in [-0.05, 0) is 28.1 Å². The Bertz CT molecular complexity index is 523. The van der Waals surface area contributed by atoms with Crippen molar-refractivity contribution in [3.63, 3.8) is 0 Å². The lowest BCUT2D eigenvalue weighted by atomic mass is 10.2. The third kappa shape index (κ3) is 1.73. The van der Waals surface area contributed by atoms with Gasteiger partial charge in [-0.2, -0.15) is 0 Å². The van der Waals surface area contributed by atoms with E-state index in [4.69, 9.17) is 10.8 Å². The first kappa shape index (κ1) is 10.1. The van der Waals surface area contributed by atoms with Crippen molar-refractivity contribution in [3.05, 3.63) is 34.7 Å². The van der Waals surface area contributed by atoms with Gasteiger partial charge < -0.3 is 15.2 Å². The largest absolute Gasteiger partial charge is 0.480 e. The highest BCUT2D eigenvalue weighted by Gasteiger charge is 2.18. The van der Waals surface area contributed by atoms with E-state index in [1.54, 1.807) is 16.7 Å². The Hall–Kier alpha value is -1.40. The number of carboxylic acids is 1. The van der Waals surface area contributed by atoms with Crippen LogP contribution in [-0.2, 0) is 4.79 Å². The normalized spacial score (nSPS) is 12.9. The highest BCUT2D eigenvalue weighted by molar-refractivity contribution is 9.10. The zero-order valence-corrected chi connectivity index (χ0v) is 9.18. The van der Waals surface area contributed by atoms with Gasteiger partial charge in [0.25, 0.3) is 0 Å². The van der Waals surface area contributed by atoms with E-state index in [1.165, 1.54) is 6.20 Å². The fraction of sp³-hybridized carbons (Fsp3) is 0.111. The Kier molecular flexibility index (Phi) is 2.45. The number of aliphatic carboxylic acids is 1. The van der Waals surface area contributed by atoms with Crippen molar-refractivity contribution in [2.45, 2.75) is 6.04 Å². The number of nitrogens with zero attached hydrogens (tertiary/aromatic N) is 2. The molecule has 1 atom stereocenters. The Labute approximate surface area is 93.7 Å². The maximum absolute atomic E-state index is 10.7. The number of nitrogens with two attached hydrogens (primary N) is 1. The molecular weight excluding hydrogens is 262 g/mol. The number of halogens is 1. The van der Waals surface area contributed by atoms with Crippen LogP contribution in [0.5, 0.6) is 0 Å². The van der Waals surface area contributed by atoms with Crippen LogP contribution in [0.4, 0.5) is 0 Å². The van der Waals surface area contributed by atoms with Gasteiger partial charge in [0.1, 0.15) is 11.7 Å². The fourth-order valence-electron chi connectivity index (χ4n) is 1.33. The number of fused-ring (bicyclic) bond motifs is 1. The van der Waals surface area contributed by atoms with Crippen LogP contribution in [0.1, 0.15) is 11.7 Å². The summed E-state index contributed by atoms with van der Waals surface area (Å²) >= 11 is 3.30. The summed E-state index contributed by atoms with van der Waals surface area (Å²) in [5, 5.41) is 8.80. The Morgan fingerprint density at radius 3 is 3.00 bits per heavy atom. The SMILES string of the molecule is NC(C(=O)O)c1cnc2ccc(Br)cn12. The number of hydrogen-bond acceptors (Lipinski definition) is 3. The summed E-state index contributed by atoms with van der Waals surface area (Å²) < 4.78 is 2.50. The minimum absolute atomic E-state index is 0.457. The Morgan fingerprint density at radius 2 is 2.33 bits per heavy atom. The predicted octanol–water partition coefficient (Wildman–Crippen LogP) is 1.18. The second-order valence-electron chi connectivity index (χ2n) is 3.07. The van der Waals surface area contributed by atoms with Gasteiger partial charge in [-0.1, -0.05) is 0 Å². The molecule has 0 aliphatic carbocycles. The highest BCUT2D eigenvalue weighted by atomic mass is 79.9. The molecule has 0 aromatic carbocycles. The van der Waals surface area contributed by atoms with Crippen LogP contribution in [-0.4, -0.2) is 20.5 Å². The third-order valence-corrected chi connectivity index (χ3v) is 2.55. The summed E-state index contributed by atoms with van der Waals surface area (Å²) in [7, 11) is 0. The predicted molar refractivity (Wildman–Crippen MR) is 57.5 cm³/mol. The van der Waals surface area contributed by atoms with Crippen LogP contribution < -0.4 is 5.73 Å². The number of imidazole rings is 1. The second-order valence-corrected chi connectivity index (χ2v) is 3.99. The lowest BCUT2D eigenvalue weighted by molar-refractivity contribution is -0.138. The first-order valence-corrected chi connectivity index (χ1v) is 5.00. The van der Waals surface area contributed by atoms with Crippen molar-refractivity contribution < 1.29 is 9.90 Å². The molecule has 0 bridgehead atoms. The van der Waals surface area contributed by atoms with Gasteiger partial charge >= 0.3 is 5.97 Å². The molecule has 5 nitrogen and oxygen atoms in total. The summed E-state index contributed by atoms with van der Waals surface area (Å²) in [5.74, 6) is -1.07. The van der Waals surface area contributed by atoms with Gasteiger partial charge in [0.15, 0.2) is 0 Å². The number of aromatic nitrogens is 2. The van der Waals surface area contributed by atoms with E-state index in [0.29, 0.717) is 11.3 Å². The molecule has 0 aliphatic rings. The van der Waals surface area contributed by atoms with Crippen molar-refractivity contribution in [3.8, 4) is 0 Å². The average molecular weight is 270 g/mol. The van der Waals surface area contributed by atoms with Crippen LogP contribution in [0.25, 0.3) is 5.65 Å². The molecule has 78 valence electrons. The first-order valence-electron chi connectivity index (χ1n) is 4.20. The second kappa shape index (κ2) is 3.63. The smallest absolute Gasteiger partial charge is 0.326 e. The minimum atomic E-state index is -1.07.